The SMILES string of the molecule is O=C(O)c1cc2nc(-c3ccc(OCc4ccccc4)cc3)n(-c3ccccc3)c2s1. The summed E-state index contributed by atoms with van der Waals surface area (Å²) in [7, 11) is 0. The highest BCUT2D eigenvalue weighted by Crippen LogP contribution is 2.34. The smallest absolute Gasteiger partial charge is 0.346 e. The minimum Gasteiger partial charge on any atom is -0.489 e. The van der Waals surface area contributed by atoms with Crippen molar-refractivity contribution in [2.45, 2.75) is 6.61 Å². The van der Waals surface area contributed by atoms with Crippen molar-refractivity contribution in [2.75, 3.05) is 0 Å². The van der Waals surface area contributed by atoms with Crippen LogP contribution in [0.5, 0.6) is 5.75 Å². The fourth-order valence-electron chi connectivity index (χ4n) is 3.43. The Hall–Kier alpha value is -3.90. The zero-order valence-electron chi connectivity index (χ0n) is 16.4. The van der Waals surface area contributed by atoms with Crippen molar-refractivity contribution >= 4 is 27.7 Å². The molecule has 2 aromatic heterocycles. The predicted octanol–water partition coefficient (Wildman–Crippen LogP) is 6.03. The van der Waals surface area contributed by atoms with Gasteiger partial charge in [0.1, 0.15) is 33.4 Å². The minimum atomic E-state index is -0.941. The molecule has 152 valence electrons. The molecule has 0 aliphatic carbocycles. The van der Waals surface area contributed by atoms with Crippen molar-refractivity contribution in [1.29, 1.82) is 0 Å². The van der Waals surface area contributed by atoms with E-state index in [9.17, 15) is 9.90 Å². The monoisotopic (exact) mass is 426 g/mol. The maximum absolute atomic E-state index is 11.4. The number of nitrogens with zero attached hydrogens (tertiary/aromatic N) is 2. The molecule has 0 radical (unpaired) electrons. The lowest BCUT2D eigenvalue weighted by atomic mass is 10.2. The zero-order valence-corrected chi connectivity index (χ0v) is 17.3. The van der Waals surface area contributed by atoms with E-state index in [1.165, 1.54) is 11.3 Å². The number of fused-ring (bicyclic) bond motifs is 1. The molecule has 31 heavy (non-hydrogen) atoms. The first-order chi connectivity index (χ1) is 15.2. The molecule has 0 amide bonds. The van der Waals surface area contributed by atoms with Gasteiger partial charge in [0, 0.05) is 11.3 Å². The van der Waals surface area contributed by atoms with Crippen LogP contribution in [0.4, 0.5) is 0 Å². The Labute approximate surface area is 182 Å². The number of hydrogen-bond acceptors (Lipinski definition) is 4. The van der Waals surface area contributed by atoms with Crippen molar-refractivity contribution < 1.29 is 14.6 Å². The van der Waals surface area contributed by atoms with Gasteiger partial charge in [-0.05, 0) is 48.0 Å². The highest BCUT2D eigenvalue weighted by Gasteiger charge is 2.19. The summed E-state index contributed by atoms with van der Waals surface area (Å²) in [4.78, 5) is 17.3. The quantitative estimate of drug-likeness (QED) is 0.360. The summed E-state index contributed by atoms with van der Waals surface area (Å²) in [6.45, 7) is 0.506. The second-order valence-electron chi connectivity index (χ2n) is 7.01. The number of carbonyl (C=O) groups is 1. The average Bonchev–Trinajstić information content (AvgIpc) is 3.38. The number of ether oxygens (including phenoxy) is 1. The molecule has 2 heterocycles. The molecule has 1 N–H and O–H groups in total. The van der Waals surface area contributed by atoms with Gasteiger partial charge in [0.15, 0.2) is 0 Å². The molecule has 0 aliphatic rings. The topological polar surface area (TPSA) is 64.3 Å². The van der Waals surface area contributed by atoms with Crippen molar-refractivity contribution in [3.8, 4) is 22.8 Å². The Morgan fingerprint density at radius 2 is 1.61 bits per heavy atom. The molecule has 6 heteroatoms. The summed E-state index contributed by atoms with van der Waals surface area (Å²) < 4.78 is 7.90. The van der Waals surface area contributed by atoms with Gasteiger partial charge in [-0.2, -0.15) is 0 Å². The van der Waals surface area contributed by atoms with Gasteiger partial charge in [0.25, 0.3) is 0 Å². The predicted molar refractivity (Wildman–Crippen MR) is 122 cm³/mol. The number of carboxylic acid groups (broad SMARTS) is 1. The largest absolute Gasteiger partial charge is 0.489 e. The van der Waals surface area contributed by atoms with Crippen LogP contribution in [0.1, 0.15) is 15.2 Å². The van der Waals surface area contributed by atoms with Gasteiger partial charge >= 0.3 is 5.97 Å². The molecule has 3 aromatic carbocycles. The van der Waals surface area contributed by atoms with E-state index < -0.39 is 5.97 Å². The summed E-state index contributed by atoms with van der Waals surface area (Å²) in [5.41, 5.74) is 3.64. The minimum absolute atomic E-state index is 0.276. The van der Waals surface area contributed by atoms with Crippen molar-refractivity contribution in [2.24, 2.45) is 0 Å². The zero-order chi connectivity index (χ0) is 21.2. The van der Waals surface area contributed by atoms with Gasteiger partial charge in [0.2, 0.25) is 0 Å². The van der Waals surface area contributed by atoms with Gasteiger partial charge in [-0.25, -0.2) is 9.78 Å². The fourth-order valence-corrected chi connectivity index (χ4v) is 4.39. The summed E-state index contributed by atoms with van der Waals surface area (Å²) >= 11 is 1.23. The van der Waals surface area contributed by atoms with Crippen LogP contribution in [0.2, 0.25) is 0 Å². The number of rotatable bonds is 6. The van der Waals surface area contributed by atoms with Gasteiger partial charge in [-0.15, -0.1) is 11.3 Å². The number of carboxylic acids is 1. The molecule has 0 saturated carbocycles. The molecule has 0 aliphatic heterocycles. The van der Waals surface area contributed by atoms with Crippen LogP contribution in [0.15, 0.2) is 91.0 Å². The summed E-state index contributed by atoms with van der Waals surface area (Å²) in [6.07, 6.45) is 0. The van der Waals surface area contributed by atoms with Gasteiger partial charge in [0.05, 0.1) is 0 Å². The summed E-state index contributed by atoms with van der Waals surface area (Å²) in [6, 6.07) is 29.3. The summed E-state index contributed by atoms with van der Waals surface area (Å²) in [5.74, 6) is 0.600. The molecule has 0 unspecified atom stereocenters. The molecule has 0 bridgehead atoms. The maximum atomic E-state index is 11.4. The number of thiophene rings is 1. The van der Waals surface area contributed by atoms with Crippen LogP contribution in [0.3, 0.4) is 0 Å². The molecular formula is C25H18N2O3S. The number of aromatic nitrogens is 2. The molecule has 5 aromatic rings. The van der Waals surface area contributed by atoms with Crippen LogP contribution in [0.25, 0.3) is 27.4 Å². The lowest BCUT2D eigenvalue weighted by molar-refractivity contribution is 0.0702. The molecule has 0 fully saturated rings. The van der Waals surface area contributed by atoms with Crippen LogP contribution >= 0.6 is 11.3 Å². The Bertz CT molecular complexity index is 1340. The average molecular weight is 426 g/mol. The Morgan fingerprint density at radius 1 is 0.935 bits per heavy atom. The van der Waals surface area contributed by atoms with E-state index in [0.717, 1.165) is 33.2 Å². The third-order valence-electron chi connectivity index (χ3n) is 4.92. The highest BCUT2D eigenvalue weighted by molar-refractivity contribution is 7.20. The van der Waals surface area contributed by atoms with E-state index in [1.54, 1.807) is 6.07 Å². The fraction of sp³-hybridized carbons (Fsp3) is 0.0400. The number of hydrogen-bond donors (Lipinski definition) is 1. The van der Waals surface area contributed by atoms with Gasteiger partial charge in [-0.3, -0.25) is 4.57 Å². The summed E-state index contributed by atoms with van der Waals surface area (Å²) in [5, 5.41) is 9.37. The number of imidazole rings is 1. The lowest BCUT2D eigenvalue weighted by Gasteiger charge is -2.10. The second-order valence-corrected chi connectivity index (χ2v) is 8.04. The number of aromatic carboxylic acids is 1. The van der Waals surface area contributed by atoms with E-state index in [2.05, 4.69) is 0 Å². The Balaban J connectivity index is 1.50. The second kappa shape index (κ2) is 8.08. The normalized spacial score (nSPS) is 11.0. The molecule has 0 spiro atoms. The number of para-hydroxylation sites is 1. The standard InChI is InChI=1S/C25H18N2O3S/c28-25(29)22-15-21-24(31-22)27(19-9-5-2-6-10-19)23(26-21)18-11-13-20(14-12-18)30-16-17-7-3-1-4-8-17/h1-15H,16H2,(H,28,29). The molecule has 5 nitrogen and oxygen atoms in total. The van der Waals surface area contributed by atoms with E-state index in [0.29, 0.717) is 12.1 Å². The Morgan fingerprint density at radius 3 is 2.29 bits per heavy atom. The van der Waals surface area contributed by atoms with Crippen LogP contribution in [0, 0.1) is 0 Å². The van der Waals surface area contributed by atoms with Crippen molar-refractivity contribution in [3.63, 3.8) is 0 Å². The van der Waals surface area contributed by atoms with Crippen LogP contribution < -0.4 is 4.74 Å². The molecular weight excluding hydrogens is 408 g/mol. The Kier molecular flexibility index (Phi) is 4.98. The van der Waals surface area contributed by atoms with Crippen LogP contribution in [-0.2, 0) is 6.61 Å². The first-order valence-corrected chi connectivity index (χ1v) is 10.6. The van der Waals surface area contributed by atoms with Crippen LogP contribution in [-0.4, -0.2) is 20.6 Å². The molecule has 5 rings (SSSR count). The molecule has 0 saturated heterocycles. The third-order valence-corrected chi connectivity index (χ3v) is 6.02. The first-order valence-electron chi connectivity index (χ1n) is 9.77. The lowest BCUT2D eigenvalue weighted by Crippen LogP contribution is -1.98. The van der Waals surface area contributed by atoms with Crippen molar-refractivity contribution in [3.05, 3.63) is 101 Å². The van der Waals surface area contributed by atoms with Gasteiger partial charge in [-0.1, -0.05) is 48.5 Å². The van der Waals surface area contributed by atoms with E-state index in [4.69, 9.17) is 9.72 Å². The van der Waals surface area contributed by atoms with Crippen molar-refractivity contribution in [1.82, 2.24) is 9.55 Å². The van der Waals surface area contributed by atoms with E-state index in [-0.39, 0.29) is 4.88 Å². The highest BCUT2D eigenvalue weighted by atomic mass is 32.1. The maximum Gasteiger partial charge on any atom is 0.346 e. The van der Waals surface area contributed by atoms with Gasteiger partial charge < -0.3 is 9.84 Å². The van der Waals surface area contributed by atoms with E-state index in [1.807, 2.05) is 89.5 Å². The third kappa shape index (κ3) is 3.81. The number of benzene rings is 3. The van der Waals surface area contributed by atoms with E-state index >= 15 is 0 Å². The first kappa shape index (κ1) is 19.1. The molecule has 0 atom stereocenters.